The summed E-state index contributed by atoms with van der Waals surface area (Å²) in [6.45, 7) is 11.2. The van der Waals surface area contributed by atoms with E-state index in [-0.39, 0.29) is 35.3 Å². The molecule has 0 saturated carbocycles. The summed E-state index contributed by atoms with van der Waals surface area (Å²) in [4.78, 5) is 32.3. The monoisotopic (exact) mass is 527 g/mol. The van der Waals surface area contributed by atoms with Crippen molar-refractivity contribution in [3.63, 3.8) is 0 Å². The van der Waals surface area contributed by atoms with Crippen LogP contribution in [0, 0.1) is 23.5 Å². The summed E-state index contributed by atoms with van der Waals surface area (Å²) in [5, 5.41) is 0. The van der Waals surface area contributed by atoms with Crippen molar-refractivity contribution < 1.29 is 23.1 Å². The Labute approximate surface area is 224 Å². The molecule has 2 heterocycles. The van der Waals surface area contributed by atoms with Crippen LogP contribution in [-0.4, -0.2) is 73.1 Å². The first-order valence-corrected chi connectivity index (χ1v) is 13.6. The van der Waals surface area contributed by atoms with Crippen molar-refractivity contribution in [2.75, 3.05) is 50.7 Å². The summed E-state index contributed by atoms with van der Waals surface area (Å²) >= 11 is 0. The fourth-order valence-electron chi connectivity index (χ4n) is 5.46. The van der Waals surface area contributed by atoms with Gasteiger partial charge in [0.25, 0.3) is 5.91 Å². The molecule has 206 valence electrons. The third-order valence-corrected chi connectivity index (χ3v) is 7.50. The molecule has 2 aromatic rings. The van der Waals surface area contributed by atoms with Gasteiger partial charge in [-0.1, -0.05) is 0 Å². The van der Waals surface area contributed by atoms with E-state index in [9.17, 15) is 18.4 Å². The van der Waals surface area contributed by atoms with E-state index in [1.807, 2.05) is 37.8 Å². The van der Waals surface area contributed by atoms with Gasteiger partial charge in [0.15, 0.2) is 0 Å². The Hall–Kier alpha value is -3.00. The standard InChI is InChI=1S/C30H39F2N3O3/c1-30(2,3)38-28(36)20-23-13-15-35(29(37)22-4-6-25(31)7-5-22)21-24(23)12-14-33-16-18-34(19-17-33)27-10-8-26(32)9-11-27/h4-11,23-24H,12-21H2,1-3H3. The van der Waals surface area contributed by atoms with Crippen LogP contribution in [0.2, 0.25) is 0 Å². The highest BCUT2D eigenvalue weighted by Crippen LogP contribution is 2.31. The molecule has 0 aliphatic carbocycles. The minimum atomic E-state index is -0.532. The van der Waals surface area contributed by atoms with Gasteiger partial charge in [-0.2, -0.15) is 0 Å². The number of esters is 1. The van der Waals surface area contributed by atoms with E-state index in [4.69, 9.17) is 4.74 Å². The summed E-state index contributed by atoms with van der Waals surface area (Å²) in [6, 6.07) is 12.3. The first kappa shape index (κ1) is 28.0. The van der Waals surface area contributed by atoms with Gasteiger partial charge in [0, 0.05) is 56.9 Å². The predicted octanol–water partition coefficient (Wildman–Crippen LogP) is 4.99. The number of hydrogen-bond acceptors (Lipinski definition) is 5. The van der Waals surface area contributed by atoms with Crippen LogP contribution < -0.4 is 4.90 Å². The molecule has 0 N–H and O–H groups in total. The number of benzene rings is 2. The highest BCUT2D eigenvalue weighted by atomic mass is 19.1. The second kappa shape index (κ2) is 12.2. The maximum Gasteiger partial charge on any atom is 0.306 e. The molecule has 0 aromatic heterocycles. The number of amides is 1. The zero-order chi connectivity index (χ0) is 27.3. The number of likely N-dealkylation sites (tertiary alicyclic amines) is 1. The third-order valence-electron chi connectivity index (χ3n) is 7.50. The topological polar surface area (TPSA) is 53.1 Å². The number of rotatable bonds is 7. The SMILES string of the molecule is CC(C)(C)OC(=O)CC1CCN(C(=O)c2ccc(F)cc2)CC1CCN1CCN(c2ccc(F)cc2)CC1. The fraction of sp³-hybridized carbons (Fsp3) is 0.533. The average Bonchev–Trinajstić information content (AvgIpc) is 2.88. The number of nitrogens with zero attached hydrogens (tertiary/aromatic N) is 3. The van der Waals surface area contributed by atoms with Gasteiger partial charge in [-0.15, -0.1) is 0 Å². The van der Waals surface area contributed by atoms with Crippen molar-refractivity contribution in [2.24, 2.45) is 11.8 Å². The minimum Gasteiger partial charge on any atom is -0.460 e. The Morgan fingerprint density at radius 2 is 1.47 bits per heavy atom. The van der Waals surface area contributed by atoms with E-state index >= 15 is 0 Å². The van der Waals surface area contributed by atoms with Gasteiger partial charge < -0.3 is 14.5 Å². The van der Waals surface area contributed by atoms with Crippen LogP contribution in [0.1, 0.15) is 50.4 Å². The lowest BCUT2D eigenvalue weighted by Crippen LogP contribution is -2.48. The first-order chi connectivity index (χ1) is 18.1. The van der Waals surface area contributed by atoms with Gasteiger partial charge >= 0.3 is 5.97 Å². The van der Waals surface area contributed by atoms with Gasteiger partial charge in [-0.3, -0.25) is 14.5 Å². The molecule has 0 radical (unpaired) electrons. The quantitative estimate of drug-likeness (QED) is 0.475. The van der Waals surface area contributed by atoms with E-state index < -0.39 is 5.60 Å². The van der Waals surface area contributed by atoms with Gasteiger partial charge in [-0.25, -0.2) is 8.78 Å². The second-order valence-corrected chi connectivity index (χ2v) is 11.5. The van der Waals surface area contributed by atoms with Crippen LogP contribution in [0.3, 0.4) is 0 Å². The predicted molar refractivity (Wildman–Crippen MR) is 144 cm³/mol. The van der Waals surface area contributed by atoms with Crippen molar-refractivity contribution in [3.05, 3.63) is 65.7 Å². The van der Waals surface area contributed by atoms with Crippen LogP contribution >= 0.6 is 0 Å². The molecule has 8 heteroatoms. The zero-order valence-electron chi connectivity index (χ0n) is 22.7. The van der Waals surface area contributed by atoms with E-state index in [0.717, 1.165) is 51.3 Å². The second-order valence-electron chi connectivity index (χ2n) is 11.5. The van der Waals surface area contributed by atoms with Crippen LogP contribution in [0.4, 0.5) is 14.5 Å². The van der Waals surface area contributed by atoms with E-state index in [2.05, 4.69) is 9.80 Å². The summed E-state index contributed by atoms with van der Waals surface area (Å²) < 4.78 is 32.3. The van der Waals surface area contributed by atoms with Crippen LogP contribution in [0.5, 0.6) is 0 Å². The Kier molecular flexibility index (Phi) is 9.03. The fourth-order valence-corrected chi connectivity index (χ4v) is 5.46. The molecule has 2 aliphatic heterocycles. The molecule has 2 fully saturated rings. The molecule has 2 aromatic carbocycles. The lowest BCUT2D eigenvalue weighted by atomic mass is 9.80. The number of ether oxygens (including phenoxy) is 1. The molecule has 2 atom stereocenters. The Morgan fingerprint density at radius 1 is 0.868 bits per heavy atom. The van der Waals surface area contributed by atoms with E-state index in [1.165, 1.54) is 36.4 Å². The summed E-state index contributed by atoms with van der Waals surface area (Å²) in [5.74, 6) is -0.585. The smallest absolute Gasteiger partial charge is 0.306 e. The number of halogens is 2. The molecule has 2 aliphatic rings. The summed E-state index contributed by atoms with van der Waals surface area (Å²) in [5.41, 5.74) is 0.981. The van der Waals surface area contributed by atoms with Crippen molar-refractivity contribution in [1.29, 1.82) is 0 Å². The zero-order valence-corrected chi connectivity index (χ0v) is 22.7. The van der Waals surface area contributed by atoms with Crippen LogP contribution in [0.15, 0.2) is 48.5 Å². The molecule has 0 spiro atoms. The van der Waals surface area contributed by atoms with Gasteiger partial charge in [0.2, 0.25) is 0 Å². The molecule has 2 saturated heterocycles. The third kappa shape index (κ3) is 7.76. The molecule has 6 nitrogen and oxygen atoms in total. The minimum absolute atomic E-state index is 0.0985. The molecule has 1 amide bonds. The molecule has 4 rings (SSSR count). The van der Waals surface area contributed by atoms with Crippen molar-refractivity contribution in [3.8, 4) is 0 Å². The van der Waals surface area contributed by atoms with Gasteiger partial charge in [0.1, 0.15) is 17.2 Å². The Balaban J connectivity index is 1.36. The largest absolute Gasteiger partial charge is 0.460 e. The highest BCUT2D eigenvalue weighted by Gasteiger charge is 2.34. The summed E-state index contributed by atoms with van der Waals surface area (Å²) in [7, 11) is 0. The molecule has 0 bridgehead atoms. The van der Waals surface area contributed by atoms with Crippen molar-refractivity contribution in [1.82, 2.24) is 9.80 Å². The van der Waals surface area contributed by atoms with Crippen molar-refractivity contribution in [2.45, 2.75) is 45.6 Å². The van der Waals surface area contributed by atoms with Gasteiger partial charge in [-0.05, 0) is 101 Å². The van der Waals surface area contributed by atoms with E-state index in [1.54, 1.807) is 0 Å². The average molecular weight is 528 g/mol. The summed E-state index contributed by atoms with van der Waals surface area (Å²) in [6.07, 6.45) is 1.95. The Morgan fingerprint density at radius 3 is 2.08 bits per heavy atom. The molecule has 38 heavy (non-hydrogen) atoms. The number of carbonyl (C=O) groups is 2. The lowest BCUT2D eigenvalue weighted by molar-refractivity contribution is -0.156. The normalized spacial score (nSPS) is 20.9. The lowest BCUT2D eigenvalue weighted by Gasteiger charge is -2.41. The number of piperidine rings is 1. The number of anilines is 1. The number of hydrogen-bond donors (Lipinski definition) is 0. The maximum atomic E-state index is 13.4. The van der Waals surface area contributed by atoms with Gasteiger partial charge in [0.05, 0.1) is 0 Å². The Bertz CT molecular complexity index is 1080. The van der Waals surface area contributed by atoms with Crippen molar-refractivity contribution >= 4 is 17.6 Å². The maximum absolute atomic E-state index is 13.4. The number of carbonyl (C=O) groups excluding carboxylic acids is 2. The molecular weight excluding hydrogens is 488 g/mol. The molecule has 2 unspecified atom stereocenters. The number of piperazine rings is 1. The van der Waals surface area contributed by atoms with E-state index in [0.29, 0.717) is 25.1 Å². The van der Waals surface area contributed by atoms with Crippen LogP contribution in [0.25, 0.3) is 0 Å². The highest BCUT2D eigenvalue weighted by molar-refractivity contribution is 5.94. The molecular formula is C30H39F2N3O3. The first-order valence-electron chi connectivity index (χ1n) is 13.6. The van der Waals surface area contributed by atoms with Crippen LogP contribution in [-0.2, 0) is 9.53 Å².